The number of aliphatic hydroxyl groups is 4. The monoisotopic (exact) mass is 380 g/mol. The highest BCUT2D eigenvalue weighted by molar-refractivity contribution is 5.89. The summed E-state index contributed by atoms with van der Waals surface area (Å²) in [5.41, 5.74) is 1.26. The van der Waals surface area contributed by atoms with Crippen molar-refractivity contribution >= 4 is 17.0 Å². The Morgan fingerprint density at radius 1 is 1.19 bits per heavy atom. The van der Waals surface area contributed by atoms with Crippen LogP contribution in [0.3, 0.4) is 0 Å². The first-order valence-electron chi connectivity index (χ1n) is 8.55. The molecular formula is C18H24N2O7. The van der Waals surface area contributed by atoms with E-state index in [0.717, 1.165) is 15.7 Å². The number of carbonyl (C=O) groups is 1. The minimum absolute atomic E-state index is 0.0644. The maximum Gasteiger partial charge on any atom is 0.362 e. The lowest BCUT2D eigenvalue weighted by Crippen LogP contribution is -2.43. The zero-order valence-electron chi connectivity index (χ0n) is 15.4. The van der Waals surface area contributed by atoms with Gasteiger partial charge in [0.25, 0.3) is 5.56 Å². The zero-order valence-corrected chi connectivity index (χ0v) is 15.4. The maximum absolute atomic E-state index is 12.8. The molecule has 2 rings (SSSR count). The molecule has 0 spiro atoms. The van der Waals surface area contributed by atoms with E-state index in [1.165, 1.54) is 0 Å². The number of ether oxygens (including phenoxy) is 1. The largest absolute Gasteiger partial charge is 0.461 e. The fourth-order valence-corrected chi connectivity index (χ4v) is 2.67. The molecule has 27 heavy (non-hydrogen) atoms. The molecule has 1 aromatic carbocycles. The quantitative estimate of drug-likeness (QED) is 0.460. The molecule has 0 fully saturated rings. The predicted molar refractivity (Wildman–Crippen MR) is 96.5 cm³/mol. The van der Waals surface area contributed by atoms with Gasteiger partial charge in [-0.25, -0.2) is 9.78 Å². The van der Waals surface area contributed by atoms with Gasteiger partial charge >= 0.3 is 5.97 Å². The third kappa shape index (κ3) is 4.33. The molecule has 0 amide bonds. The molecule has 3 atom stereocenters. The van der Waals surface area contributed by atoms with Gasteiger partial charge in [-0.1, -0.05) is 0 Å². The van der Waals surface area contributed by atoms with Gasteiger partial charge in [-0.15, -0.1) is 0 Å². The molecule has 0 aliphatic rings. The summed E-state index contributed by atoms with van der Waals surface area (Å²) < 4.78 is 5.99. The number of aliphatic hydroxyl groups excluding tert-OH is 4. The first kappa shape index (κ1) is 21.0. The van der Waals surface area contributed by atoms with Gasteiger partial charge < -0.3 is 29.7 Å². The number of esters is 1. The summed E-state index contributed by atoms with van der Waals surface area (Å²) in [5, 5.41) is 38.5. The normalized spacial score (nSPS) is 14.8. The Morgan fingerprint density at radius 2 is 1.81 bits per heavy atom. The molecule has 0 radical (unpaired) electrons. The highest BCUT2D eigenvalue weighted by Crippen LogP contribution is 2.18. The summed E-state index contributed by atoms with van der Waals surface area (Å²) in [6.07, 6.45) is -4.81. The van der Waals surface area contributed by atoms with E-state index < -0.39 is 48.7 Å². The number of nitrogens with zero attached hydrogens (tertiary/aromatic N) is 2. The van der Waals surface area contributed by atoms with E-state index in [4.69, 9.17) is 9.84 Å². The van der Waals surface area contributed by atoms with Crippen molar-refractivity contribution in [1.82, 2.24) is 9.55 Å². The average Bonchev–Trinajstić information content (AvgIpc) is 2.64. The number of carbonyl (C=O) groups excluding carboxylic acids is 1. The molecule has 2 aromatic rings. The van der Waals surface area contributed by atoms with Crippen LogP contribution in [0.25, 0.3) is 11.0 Å². The van der Waals surface area contributed by atoms with Gasteiger partial charge in [0.2, 0.25) is 5.69 Å². The minimum Gasteiger partial charge on any atom is -0.461 e. The van der Waals surface area contributed by atoms with Crippen LogP contribution in [-0.2, 0) is 11.3 Å². The second kappa shape index (κ2) is 8.57. The molecule has 1 aromatic heterocycles. The zero-order chi connectivity index (χ0) is 20.3. The van der Waals surface area contributed by atoms with Crippen LogP contribution >= 0.6 is 0 Å². The van der Waals surface area contributed by atoms with Gasteiger partial charge in [0.05, 0.1) is 30.8 Å². The van der Waals surface area contributed by atoms with Crippen LogP contribution in [0.5, 0.6) is 0 Å². The van der Waals surface area contributed by atoms with Crippen molar-refractivity contribution in [2.24, 2.45) is 0 Å². The molecule has 0 bridgehead atoms. The molecule has 3 unspecified atom stereocenters. The molecule has 0 aliphatic heterocycles. The van der Waals surface area contributed by atoms with Crippen LogP contribution in [0.4, 0.5) is 0 Å². The van der Waals surface area contributed by atoms with Gasteiger partial charge in [0.15, 0.2) is 0 Å². The van der Waals surface area contributed by atoms with E-state index >= 15 is 0 Å². The maximum atomic E-state index is 12.8. The lowest BCUT2D eigenvalue weighted by atomic mass is 10.1. The molecule has 148 valence electrons. The van der Waals surface area contributed by atoms with Gasteiger partial charge in [-0.05, 0) is 44.0 Å². The number of aromatic nitrogens is 2. The molecule has 0 aliphatic carbocycles. The number of hydrogen-bond donors (Lipinski definition) is 4. The fraction of sp³-hybridized carbons (Fsp3) is 0.500. The number of aryl methyl sites for hydroxylation is 2. The first-order valence-corrected chi connectivity index (χ1v) is 8.55. The fourth-order valence-electron chi connectivity index (χ4n) is 2.67. The SMILES string of the molecule is CCOC(=O)c1nc2cc(C)c(C)cc2n(CC(O)C(O)C(O)CO)c1=O. The van der Waals surface area contributed by atoms with E-state index in [9.17, 15) is 24.9 Å². The van der Waals surface area contributed by atoms with E-state index in [1.54, 1.807) is 19.1 Å². The van der Waals surface area contributed by atoms with Crippen molar-refractivity contribution in [3.63, 3.8) is 0 Å². The van der Waals surface area contributed by atoms with Crippen LogP contribution in [-0.4, -0.2) is 67.5 Å². The first-order chi connectivity index (χ1) is 12.7. The van der Waals surface area contributed by atoms with Crippen LogP contribution in [0.2, 0.25) is 0 Å². The van der Waals surface area contributed by atoms with Crippen molar-refractivity contribution in [2.75, 3.05) is 13.2 Å². The molecule has 0 saturated carbocycles. The minimum atomic E-state index is -1.68. The second-order valence-corrected chi connectivity index (χ2v) is 6.33. The van der Waals surface area contributed by atoms with Gasteiger partial charge in [0.1, 0.15) is 18.3 Å². The Labute approximate surface area is 155 Å². The Morgan fingerprint density at radius 3 is 2.41 bits per heavy atom. The standard InChI is InChI=1S/C18H24N2O7/c1-4-27-18(26)15-17(25)20(7-13(22)16(24)14(23)8-21)12-6-10(3)9(2)5-11(12)19-15/h5-6,13-14,16,21-24H,4,7-8H2,1-3H3. The van der Waals surface area contributed by atoms with Gasteiger partial charge in [0, 0.05) is 0 Å². The van der Waals surface area contributed by atoms with Crippen molar-refractivity contribution in [3.8, 4) is 0 Å². The van der Waals surface area contributed by atoms with E-state index in [0.29, 0.717) is 11.0 Å². The average molecular weight is 380 g/mol. The summed E-state index contributed by atoms with van der Waals surface area (Å²) in [6, 6.07) is 3.39. The lowest BCUT2D eigenvalue weighted by Gasteiger charge is -2.23. The van der Waals surface area contributed by atoms with E-state index in [2.05, 4.69) is 4.98 Å². The van der Waals surface area contributed by atoms with Crippen LogP contribution in [0.15, 0.2) is 16.9 Å². The Kier molecular flexibility index (Phi) is 6.66. The molecule has 9 nitrogen and oxygen atoms in total. The van der Waals surface area contributed by atoms with Crippen LogP contribution in [0.1, 0.15) is 28.5 Å². The number of hydrogen-bond acceptors (Lipinski definition) is 8. The summed E-state index contributed by atoms with van der Waals surface area (Å²) in [6.45, 7) is 4.19. The Bertz CT molecular complexity index is 893. The summed E-state index contributed by atoms with van der Waals surface area (Å²) in [5.74, 6) is -0.887. The van der Waals surface area contributed by atoms with Crippen LogP contribution < -0.4 is 5.56 Å². The second-order valence-electron chi connectivity index (χ2n) is 6.33. The molecule has 0 saturated heterocycles. The smallest absolute Gasteiger partial charge is 0.362 e. The van der Waals surface area contributed by atoms with E-state index in [1.807, 2.05) is 13.8 Å². The molecule has 9 heteroatoms. The van der Waals surface area contributed by atoms with Crippen molar-refractivity contribution in [2.45, 2.75) is 45.6 Å². The third-order valence-electron chi connectivity index (χ3n) is 4.38. The number of rotatable bonds is 7. The Balaban J connectivity index is 2.63. The van der Waals surface area contributed by atoms with E-state index in [-0.39, 0.29) is 6.61 Å². The Hall–Kier alpha value is -2.33. The van der Waals surface area contributed by atoms with Crippen molar-refractivity contribution < 1.29 is 30.0 Å². The molecule has 4 N–H and O–H groups in total. The highest BCUT2D eigenvalue weighted by atomic mass is 16.5. The number of fused-ring (bicyclic) bond motifs is 1. The summed E-state index contributed by atoms with van der Waals surface area (Å²) in [7, 11) is 0. The summed E-state index contributed by atoms with van der Waals surface area (Å²) in [4.78, 5) is 29.0. The highest BCUT2D eigenvalue weighted by Gasteiger charge is 2.27. The molecular weight excluding hydrogens is 356 g/mol. The lowest BCUT2D eigenvalue weighted by molar-refractivity contribution is -0.0805. The predicted octanol–water partition coefficient (Wildman–Crippen LogP) is -0.735. The third-order valence-corrected chi connectivity index (χ3v) is 4.38. The van der Waals surface area contributed by atoms with Crippen LogP contribution in [0, 0.1) is 13.8 Å². The van der Waals surface area contributed by atoms with Crippen molar-refractivity contribution in [1.29, 1.82) is 0 Å². The summed E-state index contributed by atoms with van der Waals surface area (Å²) >= 11 is 0. The van der Waals surface area contributed by atoms with Crippen molar-refractivity contribution in [3.05, 3.63) is 39.3 Å². The van der Waals surface area contributed by atoms with Gasteiger partial charge in [-0.2, -0.15) is 0 Å². The van der Waals surface area contributed by atoms with Gasteiger partial charge in [-0.3, -0.25) is 4.79 Å². The number of benzene rings is 1. The topological polar surface area (TPSA) is 142 Å². The molecule has 1 heterocycles.